The molecule has 0 saturated heterocycles. The summed E-state index contributed by atoms with van der Waals surface area (Å²) < 4.78 is 37.4. The van der Waals surface area contributed by atoms with Crippen LogP contribution >= 0.6 is 0 Å². The second-order valence-electron chi connectivity index (χ2n) is 7.10. The SMILES string of the molecule is COCCNS(=O)(=O)c1ccc(C)c(C(=O)NCc2ccc3cc(OC)ccc3c2)c1. The lowest BCUT2D eigenvalue weighted by Gasteiger charge is -2.12. The second kappa shape index (κ2) is 9.91. The van der Waals surface area contributed by atoms with Crippen LogP contribution in [0.3, 0.4) is 0 Å². The topological polar surface area (TPSA) is 93.7 Å². The molecule has 0 aliphatic carbocycles. The van der Waals surface area contributed by atoms with Gasteiger partial charge in [0.1, 0.15) is 5.75 Å². The maximum absolute atomic E-state index is 12.8. The number of rotatable bonds is 9. The molecular weight excluding hydrogens is 416 g/mol. The molecule has 8 heteroatoms. The van der Waals surface area contributed by atoms with Crippen molar-refractivity contribution >= 4 is 26.7 Å². The number of hydrogen-bond acceptors (Lipinski definition) is 5. The average molecular weight is 443 g/mol. The third-order valence-electron chi connectivity index (χ3n) is 4.93. The fourth-order valence-electron chi connectivity index (χ4n) is 3.16. The van der Waals surface area contributed by atoms with Gasteiger partial charge in [-0.25, -0.2) is 13.1 Å². The number of nitrogens with one attached hydrogen (secondary N) is 2. The minimum Gasteiger partial charge on any atom is -0.497 e. The van der Waals surface area contributed by atoms with Gasteiger partial charge in [0.2, 0.25) is 10.0 Å². The highest BCUT2D eigenvalue weighted by Crippen LogP contribution is 2.22. The molecule has 0 heterocycles. The van der Waals surface area contributed by atoms with E-state index in [1.165, 1.54) is 19.2 Å². The third kappa shape index (κ3) is 5.61. The molecule has 31 heavy (non-hydrogen) atoms. The maximum Gasteiger partial charge on any atom is 0.251 e. The van der Waals surface area contributed by atoms with Gasteiger partial charge in [0, 0.05) is 25.8 Å². The van der Waals surface area contributed by atoms with Gasteiger partial charge in [0.15, 0.2) is 0 Å². The van der Waals surface area contributed by atoms with Crippen molar-refractivity contribution in [2.45, 2.75) is 18.4 Å². The summed E-state index contributed by atoms with van der Waals surface area (Å²) in [6, 6.07) is 16.2. The van der Waals surface area contributed by atoms with Gasteiger partial charge in [-0.1, -0.05) is 24.3 Å². The second-order valence-corrected chi connectivity index (χ2v) is 8.86. The summed E-state index contributed by atoms with van der Waals surface area (Å²) in [5.74, 6) is 0.455. The molecule has 0 fully saturated rings. The van der Waals surface area contributed by atoms with Gasteiger partial charge in [-0.05, 0) is 59.2 Å². The van der Waals surface area contributed by atoms with Crippen LogP contribution in [0.1, 0.15) is 21.5 Å². The zero-order valence-electron chi connectivity index (χ0n) is 17.8. The first-order chi connectivity index (χ1) is 14.8. The van der Waals surface area contributed by atoms with Crippen molar-refractivity contribution in [3.05, 3.63) is 71.3 Å². The molecule has 3 aromatic rings. The molecule has 3 rings (SSSR count). The van der Waals surface area contributed by atoms with Crippen LogP contribution in [0.5, 0.6) is 5.75 Å². The number of aryl methyl sites for hydroxylation is 1. The molecule has 0 bridgehead atoms. The first-order valence-corrected chi connectivity index (χ1v) is 11.3. The molecule has 0 radical (unpaired) electrons. The number of amides is 1. The Labute approximate surface area is 182 Å². The monoisotopic (exact) mass is 442 g/mol. The predicted octanol–water partition coefficient (Wildman–Crippen LogP) is 3.01. The standard InChI is InChI=1S/C23H26N2O5S/c1-16-4-9-21(31(27,28)25-10-11-29-2)14-22(16)23(26)24-15-17-5-6-19-13-20(30-3)8-7-18(19)12-17/h4-9,12-14,25H,10-11,15H2,1-3H3,(H,24,26). The van der Waals surface area contributed by atoms with Crippen LogP contribution in [0.2, 0.25) is 0 Å². The molecule has 0 aromatic heterocycles. The highest BCUT2D eigenvalue weighted by atomic mass is 32.2. The molecule has 7 nitrogen and oxygen atoms in total. The van der Waals surface area contributed by atoms with Crippen molar-refractivity contribution in [3.63, 3.8) is 0 Å². The van der Waals surface area contributed by atoms with Crippen molar-refractivity contribution in [1.29, 1.82) is 0 Å². The van der Waals surface area contributed by atoms with Crippen molar-refractivity contribution in [3.8, 4) is 5.75 Å². The smallest absolute Gasteiger partial charge is 0.251 e. The highest BCUT2D eigenvalue weighted by Gasteiger charge is 2.17. The summed E-state index contributed by atoms with van der Waals surface area (Å²) in [4.78, 5) is 12.8. The largest absolute Gasteiger partial charge is 0.497 e. The summed E-state index contributed by atoms with van der Waals surface area (Å²) in [6.07, 6.45) is 0. The summed E-state index contributed by atoms with van der Waals surface area (Å²) in [5.41, 5.74) is 1.95. The third-order valence-corrected chi connectivity index (χ3v) is 6.39. The Balaban J connectivity index is 1.73. The van der Waals surface area contributed by atoms with Crippen LogP contribution in [0.15, 0.2) is 59.5 Å². The molecule has 0 saturated carbocycles. The number of methoxy groups -OCH3 is 2. The van der Waals surface area contributed by atoms with Crippen LogP contribution in [0.4, 0.5) is 0 Å². The first-order valence-electron chi connectivity index (χ1n) is 9.78. The van der Waals surface area contributed by atoms with Gasteiger partial charge in [0.05, 0.1) is 18.6 Å². The molecule has 0 atom stereocenters. The number of carbonyl (C=O) groups excluding carboxylic acids is 1. The van der Waals surface area contributed by atoms with Gasteiger partial charge in [-0.3, -0.25) is 4.79 Å². The van der Waals surface area contributed by atoms with Crippen LogP contribution in [-0.4, -0.2) is 41.7 Å². The lowest BCUT2D eigenvalue weighted by atomic mass is 10.1. The lowest BCUT2D eigenvalue weighted by Crippen LogP contribution is -2.28. The predicted molar refractivity (Wildman–Crippen MR) is 120 cm³/mol. The minimum absolute atomic E-state index is 0.0407. The molecule has 2 N–H and O–H groups in total. The zero-order valence-corrected chi connectivity index (χ0v) is 18.6. The molecule has 0 unspecified atom stereocenters. The Hall–Kier alpha value is -2.94. The lowest BCUT2D eigenvalue weighted by molar-refractivity contribution is 0.0950. The van der Waals surface area contributed by atoms with E-state index in [-0.39, 0.29) is 24.0 Å². The molecule has 3 aromatic carbocycles. The van der Waals surface area contributed by atoms with Gasteiger partial charge < -0.3 is 14.8 Å². The fourth-order valence-corrected chi connectivity index (χ4v) is 4.20. The summed E-state index contributed by atoms with van der Waals surface area (Å²) in [6.45, 7) is 2.51. The minimum atomic E-state index is -3.72. The highest BCUT2D eigenvalue weighted by molar-refractivity contribution is 7.89. The number of hydrogen-bond donors (Lipinski definition) is 2. The molecule has 0 aliphatic heterocycles. The molecule has 1 amide bonds. The Bertz CT molecular complexity index is 1190. The van der Waals surface area contributed by atoms with Crippen molar-refractivity contribution in [2.75, 3.05) is 27.4 Å². The Morgan fingerprint density at radius 1 is 0.968 bits per heavy atom. The average Bonchev–Trinajstić information content (AvgIpc) is 2.77. The van der Waals surface area contributed by atoms with Gasteiger partial charge >= 0.3 is 0 Å². The summed E-state index contributed by atoms with van der Waals surface area (Å²) in [5, 5.41) is 4.96. The summed E-state index contributed by atoms with van der Waals surface area (Å²) >= 11 is 0. The van der Waals surface area contributed by atoms with Crippen molar-refractivity contribution < 1.29 is 22.7 Å². The van der Waals surface area contributed by atoms with E-state index >= 15 is 0 Å². The van der Waals surface area contributed by atoms with Crippen molar-refractivity contribution in [2.24, 2.45) is 0 Å². The van der Waals surface area contributed by atoms with Crippen LogP contribution in [0.25, 0.3) is 10.8 Å². The van der Waals surface area contributed by atoms with Crippen LogP contribution in [-0.2, 0) is 21.3 Å². The van der Waals surface area contributed by atoms with E-state index < -0.39 is 10.0 Å². The number of benzene rings is 3. The normalized spacial score (nSPS) is 11.5. The van der Waals surface area contributed by atoms with Gasteiger partial charge in [-0.2, -0.15) is 0 Å². The van der Waals surface area contributed by atoms with Crippen LogP contribution < -0.4 is 14.8 Å². The number of ether oxygens (including phenoxy) is 2. The number of fused-ring (bicyclic) bond motifs is 1. The van der Waals surface area contributed by atoms with Crippen molar-refractivity contribution in [1.82, 2.24) is 10.0 Å². The van der Waals surface area contributed by atoms with Gasteiger partial charge in [0.25, 0.3) is 5.91 Å². The van der Waals surface area contributed by atoms with E-state index in [0.717, 1.165) is 22.1 Å². The summed E-state index contributed by atoms with van der Waals surface area (Å²) in [7, 11) is -0.600. The van der Waals surface area contributed by atoms with E-state index in [1.54, 1.807) is 20.1 Å². The van der Waals surface area contributed by atoms with E-state index in [9.17, 15) is 13.2 Å². The Morgan fingerprint density at radius 2 is 1.71 bits per heavy atom. The Morgan fingerprint density at radius 3 is 2.45 bits per heavy atom. The van der Waals surface area contributed by atoms with Gasteiger partial charge in [-0.15, -0.1) is 0 Å². The fraction of sp³-hybridized carbons (Fsp3) is 0.261. The van der Waals surface area contributed by atoms with E-state index in [4.69, 9.17) is 9.47 Å². The quantitative estimate of drug-likeness (QED) is 0.497. The number of carbonyl (C=O) groups is 1. The van der Waals surface area contributed by atoms with E-state index in [2.05, 4.69) is 10.0 Å². The van der Waals surface area contributed by atoms with Crippen LogP contribution in [0, 0.1) is 6.92 Å². The molecule has 0 aliphatic rings. The zero-order chi connectivity index (χ0) is 22.4. The van der Waals surface area contributed by atoms with E-state index in [1.807, 2.05) is 36.4 Å². The Kier molecular flexibility index (Phi) is 7.27. The number of sulfonamides is 1. The molecule has 164 valence electrons. The molecule has 0 spiro atoms. The van der Waals surface area contributed by atoms with E-state index in [0.29, 0.717) is 17.7 Å². The molecular formula is C23H26N2O5S. The first kappa shape index (κ1) is 22.7. The maximum atomic E-state index is 12.8.